The molecule has 0 aliphatic rings. The first-order valence-corrected chi connectivity index (χ1v) is 7.37. The summed E-state index contributed by atoms with van der Waals surface area (Å²) >= 11 is 0. The summed E-state index contributed by atoms with van der Waals surface area (Å²) in [4.78, 5) is 8.65. The van der Waals surface area contributed by atoms with E-state index in [2.05, 4.69) is 15.3 Å². The summed E-state index contributed by atoms with van der Waals surface area (Å²) < 4.78 is 5.77. The lowest BCUT2D eigenvalue weighted by molar-refractivity contribution is 0.463. The van der Waals surface area contributed by atoms with Gasteiger partial charge in [-0.25, -0.2) is 4.98 Å². The Bertz CT molecular complexity index is 776. The van der Waals surface area contributed by atoms with Crippen LogP contribution in [0.5, 0.6) is 11.6 Å². The molecule has 0 saturated carbocycles. The van der Waals surface area contributed by atoms with Gasteiger partial charge in [-0.1, -0.05) is 48.5 Å². The molecule has 5 heteroatoms. The Morgan fingerprint density at radius 2 is 1.61 bits per heavy atom. The van der Waals surface area contributed by atoms with Crippen LogP contribution in [0.2, 0.25) is 0 Å². The maximum Gasteiger partial charge on any atom is 0.248 e. The molecule has 3 aromatic rings. The molecule has 0 spiro atoms. The summed E-state index contributed by atoms with van der Waals surface area (Å²) in [6.07, 6.45) is 0. The standard InChI is InChI=1S/C18H18N4O/c1-13-21-17(20-12-14-8-4-2-5-9-14)16(19)18(22-13)23-15-10-6-3-7-11-15/h2-11H,12,19H2,1H3,(H,20,21,22). The first kappa shape index (κ1) is 14.8. The average Bonchev–Trinajstić information content (AvgIpc) is 2.58. The Kier molecular flexibility index (Phi) is 4.38. The molecule has 1 aromatic heterocycles. The van der Waals surface area contributed by atoms with Crippen LogP contribution >= 0.6 is 0 Å². The van der Waals surface area contributed by atoms with Gasteiger partial charge in [-0.05, 0) is 24.6 Å². The number of anilines is 2. The lowest BCUT2D eigenvalue weighted by Gasteiger charge is -2.13. The first-order chi connectivity index (χ1) is 11.2. The van der Waals surface area contributed by atoms with Crippen molar-refractivity contribution in [2.45, 2.75) is 13.5 Å². The van der Waals surface area contributed by atoms with Crippen LogP contribution in [0.4, 0.5) is 11.5 Å². The van der Waals surface area contributed by atoms with Gasteiger partial charge in [0.25, 0.3) is 0 Å². The molecule has 0 radical (unpaired) electrons. The topological polar surface area (TPSA) is 73.1 Å². The van der Waals surface area contributed by atoms with Crippen molar-refractivity contribution in [1.82, 2.24) is 9.97 Å². The van der Waals surface area contributed by atoms with Crippen LogP contribution in [-0.2, 0) is 6.54 Å². The van der Waals surface area contributed by atoms with Crippen LogP contribution in [0, 0.1) is 6.92 Å². The second-order valence-electron chi connectivity index (χ2n) is 5.09. The fourth-order valence-electron chi connectivity index (χ4n) is 2.15. The largest absolute Gasteiger partial charge is 0.437 e. The average molecular weight is 306 g/mol. The Balaban J connectivity index is 1.81. The van der Waals surface area contributed by atoms with Gasteiger partial charge in [-0.3, -0.25) is 0 Å². The van der Waals surface area contributed by atoms with Gasteiger partial charge in [-0.15, -0.1) is 0 Å². The number of ether oxygens (including phenoxy) is 1. The summed E-state index contributed by atoms with van der Waals surface area (Å²) in [5.41, 5.74) is 7.70. The fourth-order valence-corrected chi connectivity index (χ4v) is 2.15. The number of hydrogen-bond acceptors (Lipinski definition) is 5. The molecule has 1 heterocycles. The number of nitrogens with one attached hydrogen (secondary N) is 1. The predicted octanol–water partition coefficient (Wildman–Crippen LogP) is 3.77. The molecular formula is C18H18N4O. The maximum absolute atomic E-state index is 6.15. The van der Waals surface area contributed by atoms with E-state index < -0.39 is 0 Å². The summed E-state index contributed by atoms with van der Waals surface area (Å²) in [6, 6.07) is 19.5. The highest BCUT2D eigenvalue weighted by Crippen LogP contribution is 2.30. The van der Waals surface area contributed by atoms with E-state index in [1.54, 1.807) is 0 Å². The van der Waals surface area contributed by atoms with Crippen molar-refractivity contribution in [2.24, 2.45) is 0 Å². The highest BCUT2D eigenvalue weighted by Gasteiger charge is 2.12. The molecule has 0 aliphatic carbocycles. The zero-order valence-electron chi connectivity index (χ0n) is 12.9. The predicted molar refractivity (Wildman–Crippen MR) is 91.5 cm³/mol. The Hall–Kier alpha value is -3.08. The molecule has 3 N–H and O–H groups in total. The smallest absolute Gasteiger partial charge is 0.248 e. The SMILES string of the molecule is Cc1nc(NCc2ccccc2)c(N)c(Oc2ccccc2)n1. The lowest BCUT2D eigenvalue weighted by Crippen LogP contribution is -2.08. The Morgan fingerprint density at radius 3 is 2.30 bits per heavy atom. The van der Waals surface area contributed by atoms with Crippen molar-refractivity contribution in [1.29, 1.82) is 0 Å². The third kappa shape index (κ3) is 3.77. The molecule has 116 valence electrons. The Labute approximate surface area is 135 Å². The minimum Gasteiger partial charge on any atom is -0.437 e. The van der Waals surface area contributed by atoms with Gasteiger partial charge in [0.1, 0.15) is 17.3 Å². The maximum atomic E-state index is 6.15. The molecule has 0 fully saturated rings. The van der Waals surface area contributed by atoms with Crippen LogP contribution in [0.25, 0.3) is 0 Å². The third-order valence-electron chi connectivity index (χ3n) is 3.28. The zero-order chi connectivity index (χ0) is 16.1. The molecule has 0 amide bonds. The summed E-state index contributed by atoms with van der Waals surface area (Å²) in [5.74, 6) is 2.22. The van der Waals surface area contributed by atoms with E-state index in [0.717, 1.165) is 5.56 Å². The van der Waals surface area contributed by atoms with Crippen LogP contribution in [0.15, 0.2) is 60.7 Å². The van der Waals surface area contributed by atoms with E-state index in [0.29, 0.717) is 35.5 Å². The van der Waals surface area contributed by atoms with Crippen LogP contribution in [0.3, 0.4) is 0 Å². The number of para-hydroxylation sites is 1. The number of benzene rings is 2. The van der Waals surface area contributed by atoms with Crippen molar-refractivity contribution in [3.63, 3.8) is 0 Å². The second kappa shape index (κ2) is 6.79. The van der Waals surface area contributed by atoms with Gasteiger partial charge in [0, 0.05) is 6.54 Å². The lowest BCUT2D eigenvalue weighted by atomic mass is 10.2. The molecule has 0 unspecified atom stereocenters. The molecule has 5 nitrogen and oxygen atoms in total. The van der Waals surface area contributed by atoms with E-state index >= 15 is 0 Å². The van der Waals surface area contributed by atoms with Gasteiger partial charge in [-0.2, -0.15) is 4.98 Å². The normalized spacial score (nSPS) is 10.3. The molecular weight excluding hydrogens is 288 g/mol. The van der Waals surface area contributed by atoms with E-state index in [1.165, 1.54) is 0 Å². The number of nitrogens with zero attached hydrogens (tertiary/aromatic N) is 2. The van der Waals surface area contributed by atoms with Gasteiger partial charge in [0.15, 0.2) is 5.82 Å². The molecule has 0 aliphatic heterocycles. The highest BCUT2D eigenvalue weighted by atomic mass is 16.5. The number of nitrogen functional groups attached to an aromatic ring is 1. The molecule has 3 rings (SSSR count). The summed E-state index contributed by atoms with van der Waals surface area (Å²) in [5, 5.41) is 3.24. The minimum absolute atomic E-state index is 0.360. The van der Waals surface area contributed by atoms with E-state index in [1.807, 2.05) is 67.6 Å². The van der Waals surface area contributed by atoms with Crippen LogP contribution in [0.1, 0.15) is 11.4 Å². The van der Waals surface area contributed by atoms with Crippen LogP contribution in [-0.4, -0.2) is 9.97 Å². The van der Waals surface area contributed by atoms with Gasteiger partial charge in [0.2, 0.25) is 5.88 Å². The second-order valence-corrected chi connectivity index (χ2v) is 5.09. The molecule has 0 saturated heterocycles. The number of nitrogens with two attached hydrogens (primary N) is 1. The monoisotopic (exact) mass is 306 g/mol. The highest BCUT2D eigenvalue weighted by molar-refractivity contribution is 5.67. The summed E-state index contributed by atoms with van der Waals surface area (Å²) in [7, 11) is 0. The fraction of sp³-hybridized carbons (Fsp3) is 0.111. The molecule has 2 aromatic carbocycles. The number of rotatable bonds is 5. The minimum atomic E-state index is 0.360. The summed E-state index contributed by atoms with van der Waals surface area (Å²) in [6.45, 7) is 2.44. The molecule has 0 bridgehead atoms. The van der Waals surface area contributed by atoms with Gasteiger partial charge < -0.3 is 15.8 Å². The number of aryl methyl sites for hydroxylation is 1. The zero-order valence-corrected chi connectivity index (χ0v) is 12.9. The quantitative estimate of drug-likeness (QED) is 0.750. The number of hydrogen-bond donors (Lipinski definition) is 2. The number of aromatic nitrogens is 2. The van der Waals surface area contributed by atoms with Crippen molar-refractivity contribution < 1.29 is 4.74 Å². The molecule has 0 atom stereocenters. The van der Waals surface area contributed by atoms with Crippen molar-refractivity contribution in [3.8, 4) is 11.6 Å². The van der Waals surface area contributed by atoms with E-state index in [-0.39, 0.29) is 0 Å². The van der Waals surface area contributed by atoms with Crippen molar-refractivity contribution >= 4 is 11.5 Å². The van der Waals surface area contributed by atoms with Crippen molar-refractivity contribution in [2.75, 3.05) is 11.1 Å². The third-order valence-corrected chi connectivity index (χ3v) is 3.28. The van der Waals surface area contributed by atoms with Gasteiger partial charge in [0.05, 0.1) is 0 Å². The van der Waals surface area contributed by atoms with Gasteiger partial charge >= 0.3 is 0 Å². The van der Waals surface area contributed by atoms with Crippen molar-refractivity contribution in [3.05, 3.63) is 72.1 Å². The van der Waals surface area contributed by atoms with E-state index in [9.17, 15) is 0 Å². The van der Waals surface area contributed by atoms with Crippen LogP contribution < -0.4 is 15.8 Å². The molecule has 23 heavy (non-hydrogen) atoms. The Morgan fingerprint density at radius 1 is 0.957 bits per heavy atom. The van der Waals surface area contributed by atoms with E-state index in [4.69, 9.17) is 10.5 Å². The first-order valence-electron chi connectivity index (χ1n) is 7.37.